The fourth-order valence-corrected chi connectivity index (χ4v) is 0.846. The highest BCUT2D eigenvalue weighted by Crippen LogP contribution is 2.04. The molecule has 0 aliphatic carbocycles. The third-order valence-electron chi connectivity index (χ3n) is 1.45. The third kappa shape index (κ3) is 2.21. The Morgan fingerprint density at radius 3 is 3.00 bits per heavy atom. The van der Waals surface area contributed by atoms with Crippen molar-refractivity contribution in [2.75, 3.05) is 13.7 Å². The Hall–Kier alpha value is -1.07. The van der Waals surface area contributed by atoms with Gasteiger partial charge in [-0.15, -0.1) is 0 Å². The second-order valence-corrected chi connectivity index (χ2v) is 2.45. The number of hydrogen-bond acceptors (Lipinski definition) is 4. The van der Waals surface area contributed by atoms with Gasteiger partial charge in [0.05, 0.1) is 38.9 Å². The first-order valence-electron chi connectivity index (χ1n) is 3.61. The van der Waals surface area contributed by atoms with Crippen molar-refractivity contribution in [2.45, 2.75) is 12.6 Å². The predicted octanol–water partition coefficient (Wildman–Crippen LogP) is -0.755. The number of rotatable bonds is 4. The average Bonchev–Trinajstić information content (AvgIpc) is 2.52. The summed E-state index contributed by atoms with van der Waals surface area (Å²) in [7, 11) is 1.52. The normalized spacial score (nSPS) is 12.9. The number of imidazole rings is 1. The van der Waals surface area contributed by atoms with Crippen molar-refractivity contribution < 1.29 is 14.9 Å². The van der Waals surface area contributed by atoms with Crippen LogP contribution < -0.4 is 4.74 Å². The molecule has 5 heteroatoms. The maximum Gasteiger partial charge on any atom is 0.231 e. The molecule has 12 heavy (non-hydrogen) atoms. The highest BCUT2D eigenvalue weighted by molar-refractivity contribution is 5.02. The van der Waals surface area contributed by atoms with Crippen LogP contribution in [0.3, 0.4) is 0 Å². The minimum atomic E-state index is -0.746. The number of aromatic nitrogens is 2. The zero-order chi connectivity index (χ0) is 8.97. The van der Waals surface area contributed by atoms with Crippen LogP contribution in [0.25, 0.3) is 0 Å². The SMILES string of the molecule is COc1cn(CC(O)CO)cn1. The van der Waals surface area contributed by atoms with E-state index in [1.807, 2.05) is 0 Å². The highest BCUT2D eigenvalue weighted by atomic mass is 16.5. The van der Waals surface area contributed by atoms with Crippen LogP contribution >= 0.6 is 0 Å². The summed E-state index contributed by atoms with van der Waals surface area (Å²) in [6, 6.07) is 0. The van der Waals surface area contributed by atoms with Gasteiger partial charge >= 0.3 is 0 Å². The fraction of sp³-hybridized carbons (Fsp3) is 0.571. The maximum absolute atomic E-state index is 9.05. The standard InChI is InChI=1S/C7H12N2O3/c1-12-7-3-9(5-8-7)2-6(11)4-10/h3,5-6,10-11H,2,4H2,1H3. The Balaban J connectivity index is 2.52. The molecule has 0 saturated heterocycles. The molecule has 5 nitrogen and oxygen atoms in total. The van der Waals surface area contributed by atoms with Gasteiger partial charge in [0.25, 0.3) is 0 Å². The summed E-state index contributed by atoms with van der Waals surface area (Å²) in [5.74, 6) is 0.500. The van der Waals surface area contributed by atoms with E-state index in [4.69, 9.17) is 14.9 Å². The minimum absolute atomic E-state index is 0.250. The van der Waals surface area contributed by atoms with Gasteiger partial charge < -0.3 is 19.5 Å². The van der Waals surface area contributed by atoms with Crippen LogP contribution in [-0.4, -0.2) is 39.6 Å². The second kappa shape index (κ2) is 4.08. The van der Waals surface area contributed by atoms with Gasteiger partial charge in [-0.1, -0.05) is 0 Å². The molecule has 1 aromatic heterocycles. The van der Waals surface area contributed by atoms with Crippen molar-refractivity contribution >= 4 is 0 Å². The predicted molar refractivity (Wildman–Crippen MR) is 41.9 cm³/mol. The second-order valence-electron chi connectivity index (χ2n) is 2.45. The lowest BCUT2D eigenvalue weighted by atomic mass is 10.4. The molecule has 0 amide bonds. The van der Waals surface area contributed by atoms with E-state index in [1.54, 1.807) is 10.8 Å². The van der Waals surface area contributed by atoms with Crippen molar-refractivity contribution in [1.29, 1.82) is 0 Å². The van der Waals surface area contributed by atoms with Crippen molar-refractivity contribution in [3.05, 3.63) is 12.5 Å². The van der Waals surface area contributed by atoms with E-state index in [0.717, 1.165) is 0 Å². The Kier molecular flexibility index (Phi) is 3.07. The number of hydrogen-bond donors (Lipinski definition) is 2. The molecule has 0 aliphatic rings. The van der Waals surface area contributed by atoms with Gasteiger partial charge in [0.1, 0.15) is 0 Å². The van der Waals surface area contributed by atoms with Crippen LogP contribution in [-0.2, 0) is 6.54 Å². The van der Waals surface area contributed by atoms with Gasteiger partial charge in [0, 0.05) is 0 Å². The highest BCUT2D eigenvalue weighted by Gasteiger charge is 2.03. The number of methoxy groups -OCH3 is 1. The molecule has 1 unspecified atom stereocenters. The molecule has 2 N–H and O–H groups in total. The van der Waals surface area contributed by atoms with Gasteiger partial charge in [-0.25, -0.2) is 4.98 Å². The zero-order valence-corrected chi connectivity index (χ0v) is 6.84. The first-order valence-corrected chi connectivity index (χ1v) is 3.61. The zero-order valence-electron chi connectivity index (χ0n) is 6.84. The first-order chi connectivity index (χ1) is 5.76. The average molecular weight is 172 g/mol. The lowest BCUT2D eigenvalue weighted by molar-refractivity contribution is 0.0811. The van der Waals surface area contributed by atoms with Crippen LogP contribution in [0.5, 0.6) is 5.88 Å². The number of ether oxygens (including phenoxy) is 1. The molecule has 0 radical (unpaired) electrons. The molecule has 0 spiro atoms. The molecule has 0 bridgehead atoms. The molecular weight excluding hydrogens is 160 g/mol. The maximum atomic E-state index is 9.05. The van der Waals surface area contributed by atoms with E-state index in [2.05, 4.69) is 4.98 Å². The molecule has 1 heterocycles. The van der Waals surface area contributed by atoms with Gasteiger partial charge in [-0.3, -0.25) is 0 Å². The van der Waals surface area contributed by atoms with Crippen LogP contribution in [0, 0.1) is 0 Å². The van der Waals surface area contributed by atoms with Gasteiger partial charge in [0.15, 0.2) is 0 Å². The smallest absolute Gasteiger partial charge is 0.231 e. The quantitative estimate of drug-likeness (QED) is 0.626. The molecular formula is C7H12N2O3. The van der Waals surface area contributed by atoms with Crippen molar-refractivity contribution in [2.24, 2.45) is 0 Å². The Bertz CT molecular complexity index is 236. The van der Waals surface area contributed by atoms with Crippen LogP contribution in [0.4, 0.5) is 0 Å². The summed E-state index contributed by atoms with van der Waals surface area (Å²) in [6.45, 7) is 0.0767. The number of aliphatic hydroxyl groups excluding tert-OH is 2. The first kappa shape index (κ1) is 9.02. The van der Waals surface area contributed by atoms with Gasteiger partial charge in [-0.2, -0.15) is 0 Å². The van der Waals surface area contributed by atoms with Crippen molar-refractivity contribution in [3.8, 4) is 5.88 Å². The third-order valence-corrected chi connectivity index (χ3v) is 1.45. The number of nitrogens with zero attached hydrogens (tertiary/aromatic N) is 2. The molecule has 1 rings (SSSR count). The van der Waals surface area contributed by atoms with E-state index >= 15 is 0 Å². The summed E-state index contributed by atoms with van der Waals surface area (Å²) < 4.78 is 6.49. The van der Waals surface area contributed by atoms with E-state index in [1.165, 1.54) is 13.4 Å². The summed E-state index contributed by atoms with van der Waals surface area (Å²) in [5, 5.41) is 17.6. The van der Waals surface area contributed by atoms with E-state index in [-0.39, 0.29) is 6.61 Å². The molecule has 0 fully saturated rings. The van der Waals surface area contributed by atoms with E-state index < -0.39 is 6.10 Å². The summed E-state index contributed by atoms with van der Waals surface area (Å²) >= 11 is 0. The largest absolute Gasteiger partial charge is 0.480 e. The summed E-state index contributed by atoms with van der Waals surface area (Å²) in [4.78, 5) is 3.87. The van der Waals surface area contributed by atoms with Crippen LogP contribution in [0.15, 0.2) is 12.5 Å². The molecule has 0 aromatic carbocycles. The van der Waals surface area contributed by atoms with Crippen LogP contribution in [0.2, 0.25) is 0 Å². The molecule has 68 valence electrons. The summed E-state index contributed by atoms with van der Waals surface area (Å²) in [6.07, 6.45) is 2.44. The fourth-order valence-electron chi connectivity index (χ4n) is 0.846. The van der Waals surface area contributed by atoms with E-state index in [0.29, 0.717) is 12.4 Å². The molecule has 1 aromatic rings. The van der Waals surface area contributed by atoms with Gasteiger partial charge in [0.2, 0.25) is 5.88 Å². The van der Waals surface area contributed by atoms with Crippen molar-refractivity contribution in [1.82, 2.24) is 9.55 Å². The number of aliphatic hydroxyl groups is 2. The molecule has 0 saturated carbocycles. The Morgan fingerprint density at radius 2 is 2.50 bits per heavy atom. The molecule has 1 atom stereocenters. The van der Waals surface area contributed by atoms with E-state index in [9.17, 15) is 0 Å². The topological polar surface area (TPSA) is 67.5 Å². The molecule has 0 aliphatic heterocycles. The van der Waals surface area contributed by atoms with Crippen LogP contribution in [0.1, 0.15) is 0 Å². The minimum Gasteiger partial charge on any atom is -0.480 e. The monoisotopic (exact) mass is 172 g/mol. The van der Waals surface area contributed by atoms with Crippen molar-refractivity contribution in [3.63, 3.8) is 0 Å². The Labute approximate surface area is 70.2 Å². The lowest BCUT2D eigenvalue weighted by Crippen LogP contribution is -2.18. The summed E-state index contributed by atoms with van der Waals surface area (Å²) in [5.41, 5.74) is 0. The lowest BCUT2D eigenvalue weighted by Gasteiger charge is -2.06. The Morgan fingerprint density at radius 1 is 1.75 bits per heavy atom. The van der Waals surface area contributed by atoms with Gasteiger partial charge in [-0.05, 0) is 0 Å².